The number of nitrogens with zero attached hydrogens (tertiary/aromatic N) is 2. The maximum absolute atomic E-state index is 13.3. The van der Waals surface area contributed by atoms with Crippen molar-refractivity contribution in [3.8, 4) is 6.07 Å². The van der Waals surface area contributed by atoms with E-state index in [1.54, 1.807) is 36.4 Å². The van der Waals surface area contributed by atoms with E-state index in [0.29, 0.717) is 27.0 Å². The van der Waals surface area contributed by atoms with Gasteiger partial charge in [-0.1, -0.05) is 23.7 Å². The maximum atomic E-state index is 13.3. The molecule has 2 aromatic rings. The molecule has 0 radical (unpaired) electrons. The number of thiocarbonyl (C=S) groups is 1. The summed E-state index contributed by atoms with van der Waals surface area (Å²) in [6.45, 7) is 5.95. The topological polar surface area (TPSA) is 68.2 Å². The first kappa shape index (κ1) is 20.8. The molecule has 2 aromatic carbocycles. The highest BCUT2D eigenvalue weighted by atomic mass is 35.5. The first-order chi connectivity index (χ1) is 13.8. The van der Waals surface area contributed by atoms with Crippen molar-refractivity contribution >= 4 is 40.5 Å². The Hall–Kier alpha value is -2.88. The van der Waals surface area contributed by atoms with Gasteiger partial charge in [0, 0.05) is 22.4 Å². The first-order valence-electron chi connectivity index (χ1n) is 9.19. The zero-order chi connectivity index (χ0) is 21.1. The van der Waals surface area contributed by atoms with Crippen LogP contribution < -0.4 is 10.6 Å². The minimum absolute atomic E-state index is 0.0928. The molecule has 148 valence electrons. The number of carbonyl (C=O) groups is 1. The summed E-state index contributed by atoms with van der Waals surface area (Å²) in [4.78, 5) is 15.2. The van der Waals surface area contributed by atoms with Crippen LogP contribution in [0.15, 0.2) is 59.8 Å². The summed E-state index contributed by atoms with van der Waals surface area (Å²) in [5.41, 5.74) is 3.44. The van der Waals surface area contributed by atoms with Gasteiger partial charge in [0.05, 0.1) is 23.2 Å². The van der Waals surface area contributed by atoms with E-state index in [1.165, 1.54) is 0 Å². The van der Waals surface area contributed by atoms with Gasteiger partial charge >= 0.3 is 0 Å². The molecule has 3 rings (SSSR count). The van der Waals surface area contributed by atoms with E-state index < -0.39 is 6.04 Å². The van der Waals surface area contributed by atoms with Crippen molar-refractivity contribution in [1.29, 1.82) is 5.26 Å². The Kier molecular flexibility index (Phi) is 6.21. The summed E-state index contributed by atoms with van der Waals surface area (Å²) in [7, 11) is 0. The van der Waals surface area contributed by atoms with Crippen molar-refractivity contribution in [1.82, 2.24) is 10.2 Å². The summed E-state index contributed by atoms with van der Waals surface area (Å²) >= 11 is 11.5. The Bertz CT molecular complexity index is 1010. The van der Waals surface area contributed by atoms with Gasteiger partial charge in [0.2, 0.25) is 0 Å². The Morgan fingerprint density at radius 1 is 1.21 bits per heavy atom. The third-order valence-corrected chi connectivity index (χ3v) is 5.33. The Morgan fingerprint density at radius 3 is 2.38 bits per heavy atom. The summed E-state index contributed by atoms with van der Waals surface area (Å²) < 4.78 is 0. The van der Waals surface area contributed by atoms with Gasteiger partial charge in [0.15, 0.2) is 5.11 Å². The number of nitriles is 1. The van der Waals surface area contributed by atoms with Crippen molar-refractivity contribution in [2.24, 2.45) is 0 Å². The SMILES string of the molecule is CC1=C(C(=O)Nc2ccc(Cl)cc2)[C@H](c2ccc(C#N)cc2)NC(=S)N1C(C)C. The molecule has 0 aromatic heterocycles. The highest BCUT2D eigenvalue weighted by molar-refractivity contribution is 7.80. The van der Waals surface area contributed by atoms with Crippen LogP contribution in [0.4, 0.5) is 5.69 Å². The number of benzene rings is 2. The zero-order valence-electron chi connectivity index (χ0n) is 16.4. The molecule has 1 heterocycles. The summed E-state index contributed by atoms with van der Waals surface area (Å²) in [5, 5.41) is 16.5. The number of carbonyl (C=O) groups excluding carboxylic acids is 1. The number of nitrogens with one attached hydrogen (secondary N) is 2. The fourth-order valence-corrected chi connectivity index (χ4v) is 4.00. The maximum Gasteiger partial charge on any atom is 0.255 e. The van der Waals surface area contributed by atoms with Gasteiger partial charge in [-0.25, -0.2) is 0 Å². The molecule has 0 unspecified atom stereocenters. The lowest BCUT2D eigenvalue weighted by molar-refractivity contribution is -0.113. The number of amides is 1. The molecule has 29 heavy (non-hydrogen) atoms. The van der Waals surface area contributed by atoms with Crippen LogP contribution in [0, 0.1) is 11.3 Å². The monoisotopic (exact) mass is 424 g/mol. The van der Waals surface area contributed by atoms with Gasteiger partial charge in [-0.2, -0.15) is 5.26 Å². The van der Waals surface area contributed by atoms with Crippen LogP contribution in [0.3, 0.4) is 0 Å². The first-order valence-corrected chi connectivity index (χ1v) is 9.98. The van der Waals surface area contributed by atoms with Gasteiger partial charge in [-0.05, 0) is 75.0 Å². The Labute approximate surface area is 181 Å². The molecule has 7 heteroatoms. The molecule has 0 saturated heterocycles. The van der Waals surface area contributed by atoms with Crippen LogP contribution >= 0.6 is 23.8 Å². The lowest BCUT2D eigenvalue weighted by atomic mass is 9.93. The van der Waals surface area contributed by atoms with Crippen LogP contribution in [0.1, 0.15) is 37.9 Å². The Morgan fingerprint density at radius 2 is 1.83 bits per heavy atom. The average Bonchev–Trinajstić information content (AvgIpc) is 2.69. The van der Waals surface area contributed by atoms with Gasteiger partial charge < -0.3 is 15.5 Å². The van der Waals surface area contributed by atoms with Crippen molar-refractivity contribution in [2.75, 3.05) is 5.32 Å². The van der Waals surface area contributed by atoms with Crippen LogP contribution in [-0.4, -0.2) is 22.0 Å². The van der Waals surface area contributed by atoms with Crippen molar-refractivity contribution in [2.45, 2.75) is 32.9 Å². The largest absolute Gasteiger partial charge is 0.351 e. The third-order valence-electron chi connectivity index (χ3n) is 4.76. The number of halogens is 1. The molecule has 5 nitrogen and oxygen atoms in total. The van der Waals surface area contributed by atoms with Crippen LogP contribution in [0.25, 0.3) is 0 Å². The minimum Gasteiger partial charge on any atom is -0.351 e. The highest BCUT2D eigenvalue weighted by Crippen LogP contribution is 2.32. The number of hydrogen-bond donors (Lipinski definition) is 2. The second kappa shape index (κ2) is 8.64. The molecule has 1 aliphatic heterocycles. The number of hydrogen-bond acceptors (Lipinski definition) is 3. The predicted octanol–water partition coefficient (Wildman–Crippen LogP) is 4.76. The molecule has 0 aliphatic carbocycles. The molecule has 0 fully saturated rings. The van der Waals surface area contributed by atoms with Gasteiger partial charge in [-0.15, -0.1) is 0 Å². The molecule has 1 aliphatic rings. The lowest BCUT2D eigenvalue weighted by Crippen LogP contribution is -2.50. The predicted molar refractivity (Wildman–Crippen MR) is 119 cm³/mol. The quantitative estimate of drug-likeness (QED) is 0.692. The second-order valence-electron chi connectivity index (χ2n) is 7.04. The van der Waals surface area contributed by atoms with E-state index in [0.717, 1.165) is 11.3 Å². The molecule has 2 N–H and O–H groups in total. The number of rotatable bonds is 4. The van der Waals surface area contributed by atoms with Crippen molar-refractivity contribution in [3.05, 3.63) is 76.0 Å². The fraction of sp³-hybridized carbons (Fsp3) is 0.227. The van der Waals surface area contributed by atoms with E-state index >= 15 is 0 Å². The molecule has 0 saturated carbocycles. The van der Waals surface area contributed by atoms with Gasteiger partial charge in [-0.3, -0.25) is 4.79 Å². The third kappa shape index (κ3) is 4.42. The molecule has 1 amide bonds. The second-order valence-corrected chi connectivity index (χ2v) is 7.86. The normalized spacial score (nSPS) is 16.5. The minimum atomic E-state index is -0.419. The highest BCUT2D eigenvalue weighted by Gasteiger charge is 2.34. The summed E-state index contributed by atoms with van der Waals surface area (Å²) in [6.07, 6.45) is 0. The zero-order valence-corrected chi connectivity index (χ0v) is 17.9. The van der Waals surface area contributed by atoms with Gasteiger partial charge in [0.1, 0.15) is 0 Å². The van der Waals surface area contributed by atoms with Gasteiger partial charge in [0.25, 0.3) is 5.91 Å². The number of allylic oxidation sites excluding steroid dienone is 1. The van der Waals surface area contributed by atoms with Crippen LogP contribution in [-0.2, 0) is 4.79 Å². The molecular weight excluding hydrogens is 404 g/mol. The summed E-state index contributed by atoms with van der Waals surface area (Å²) in [5.74, 6) is -0.222. The fourth-order valence-electron chi connectivity index (χ4n) is 3.41. The number of anilines is 1. The lowest BCUT2D eigenvalue weighted by Gasteiger charge is -2.40. The smallest absolute Gasteiger partial charge is 0.255 e. The van der Waals surface area contributed by atoms with E-state index in [4.69, 9.17) is 29.1 Å². The molecule has 1 atom stereocenters. The molecular formula is C22H21ClN4OS. The van der Waals surface area contributed by atoms with E-state index in [1.807, 2.05) is 37.8 Å². The molecule has 0 bridgehead atoms. The van der Waals surface area contributed by atoms with Crippen molar-refractivity contribution < 1.29 is 4.79 Å². The van der Waals surface area contributed by atoms with Crippen molar-refractivity contribution in [3.63, 3.8) is 0 Å². The van der Waals surface area contributed by atoms with E-state index in [9.17, 15) is 4.79 Å². The Balaban J connectivity index is 2.03. The standard InChI is InChI=1S/C22H21ClN4OS/c1-13(2)27-14(3)19(21(28)25-18-10-8-17(23)9-11-18)20(26-22(27)29)16-6-4-15(12-24)5-7-16/h4-11,13,20H,1-3H3,(H,25,28)(H,26,29)/t20-/m0/s1. The summed E-state index contributed by atoms with van der Waals surface area (Å²) in [6, 6.07) is 15.9. The molecule has 0 spiro atoms. The van der Waals surface area contributed by atoms with Crippen LogP contribution in [0.2, 0.25) is 5.02 Å². The van der Waals surface area contributed by atoms with E-state index in [-0.39, 0.29) is 11.9 Å². The average molecular weight is 425 g/mol. The van der Waals surface area contributed by atoms with E-state index in [2.05, 4.69) is 16.7 Å². The van der Waals surface area contributed by atoms with Crippen LogP contribution in [0.5, 0.6) is 0 Å².